The molecule has 2 aromatic carbocycles. The fraction of sp³-hybridized carbons (Fsp3) is 0.417. The molecule has 1 fully saturated rings. The number of hydrogen-bond acceptors (Lipinski definition) is 2. The molecule has 174 valence electrons. The summed E-state index contributed by atoms with van der Waals surface area (Å²) in [6.07, 6.45) is -3.38. The van der Waals surface area contributed by atoms with Crippen LogP contribution in [-0.4, -0.2) is 12.5 Å². The number of rotatable bonds is 8. The third-order valence-corrected chi connectivity index (χ3v) is 5.64. The molecular formula is C24H24F6O2. The summed E-state index contributed by atoms with van der Waals surface area (Å²) in [6.45, 7) is 3.49. The highest BCUT2D eigenvalue weighted by Crippen LogP contribution is 2.36. The molecule has 0 aromatic heterocycles. The van der Waals surface area contributed by atoms with E-state index in [4.69, 9.17) is 4.74 Å². The van der Waals surface area contributed by atoms with Gasteiger partial charge in [-0.05, 0) is 66.3 Å². The molecule has 8 heteroatoms. The number of allylic oxidation sites excluding steroid dienone is 1. The lowest BCUT2D eigenvalue weighted by molar-refractivity contribution is -0.275. The minimum atomic E-state index is -5.07. The van der Waals surface area contributed by atoms with E-state index < -0.39 is 30.5 Å². The minimum Gasteiger partial charge on any atom is -0.403 e. The Kier molecular flexibility index (Phi) is 7.54. The van der Waals surface area contributed by atoms with Gasteiger partial charge < -0.3 is 9.47 Å². The summed E-state index contributed by atoms with van der Waals surface area (Å²) in [5.41, 5.74) is 1.51. The van der Waals surface area contributed by atoms with Crippen LogP contribution in [0.2, 0.25) is 0 Å². The lowest BCUT2D eigenvalue weighted by Crippen LogP contribution is -2.24. The first-order valence-corrected chi connectivity index (χ1v) is 10.3. The van der Waals surface area contributed by atoms with Crippen molar-refractivity contribution in [3.63, 3.8) is 0 Å². The van der Waals surface area contributed by atoms with Crippen molar-refractivity contribution in [3.8, 4) is 5.75 Å². The summed E-state index contributed by atoms with van der Waals surface area (Å²) >= 11 is 0. The molecule has 1 saturated carbocycles. The fourth-order valence-corrected chi connectivity index (χ4v) is 3.91. The van der Waals surface area contributed by atoms with Gasteiger partial charge in [0.1, 0.15) is 0 Å². The molecule has 0 unspecified atom stereocenters. The Hall–Kier alpha value is -2.48. The van der Waals surface area contributed by atoms with Gasteiger partial charge in [-0.3, -0.25) is 0 Å². The predicted octanol–water partition coefficient (Wildman–Crippen LogP) is 7.54. The number of halogens is 6. The van der Waals surface area contributed by atoms with Crippen molar-refractivity contribution in [2.75, 3.05) is 0 Å². The van der Waals surface area contributed by atoms with Crippen LogP contribution in [0, 0.1) is 11.7 Å². The molecule has 0 saturated heterocycles. The molecule has 2 nitrogen and oxygen atoms in total. The Morgan fingerprint density at radius 3 is 2.09 bits per heavy atom. The molecule has 2 aromatic rings. The van der Waals surface area contributed by atoms with Crippen LogP contribution in [0.25, 0.3) is 0 Å². The van der Waals surface area contributed by atoms with E-state index in [0.717, 1.165) is 31.7 Å². The summed E-state index contributed by atoms with van der Waals surface area (Å²) in [7, 11) is 0. The number of benzene rings is 2. The molecule has 3 rings (SSSR count). The standard InChI is InChI=1S/C24H24F6O2/c1-2-16-3-8-19(9-4-16)20-10-5-17(6-11-20)15-31-23(26,27)14-18-7-12-22(21(25)13-18)32-24(28,29)30/h2,5-7,10-13,16,19H,1,3-4,8-9,14-15H2. The molecule has 32 heavy (non-hydrogen) atoms. The van der Waals surface area contributed by atoms with Crippen LogP contribution in [-0.2, 0) is 17.8 Å². The summed E-state index contributed by atoms with van der Waals surface area (Å²) < 4.78 is 86.8. The van der Waals surface area contributed by atoms with Crippen molar-refractivity contribution in [3.05, 3.63) is 77.6 Å². The van der Waals surface area contributed by atoms with Crippen molar-refractivity contribution in [2.24, 2.45) is 5.92 Å². The predicted molar refractivity (Wildman–Crippen MR) is 108 cm³/mol. The largest absolute Gasteiger partial charge is 0.573 e. The van der Waals surface area contributed by atoms with Crippen molar-refractivity contribution < 1.29 is 35.8 Å². The van der Waals surface area contributed by atoms with E-state index in [1.807, 2.05) is 18.2 Å². The minimum absolute atomic E-state index is 0.215. The van der Waals surface area contributed by atoms with E-state index in [0.29, 0.717) is 29.5 Å². The summed E-state index contributed by atoms with van der Waals surface area (Å²) in [5.74, 6) is -1.46. The van der Waals surface area contributed by atoms with Crippen molar-refractivity contribution in [2.45, 2.75) is 57.1 Å². The lowest BCUT2D eigenvalue weighted by Gasteiger charge is -2.27. The van der Waals surface area contributed by atoms with Gasteiger partial charge in [-0.1, -0.05) is 36.4 Å². The zero-order chi connectivity index (χ0) is 23.4. The first kappa shape index (κ1) is 24.2. The summed E-state index contributed by atoms with van der Waals surface area (Å²) in [6, 6.07) is 9.51. The molecular weight excluding hydrogens is 434 g/mol. The Balaban J connectivity index is 1.53. The summed E-state index contributed by atoms with van der Waals surface area (Å²) in [5, 5.41) is 0. The molecule has 0 atom stereocenters. The average molecular weight is 458 g/mol. The smallest absolute Gasteiger partial charge is 0.403 e. The Morgan fingerprint density at radius 2 is 1.53 bits per heavy atom. The van der Waals surface area contributed by atoms with Crippen molar-refractivity contribution in [1.29, 1.82) is 0 Å². The normalized spacial score (nSPS) is 19.6. The first-order valence-electron chi connectivity index (χ1n) is 10.3. The van der Waals surface area contributed by atoms with E-state index in [2.05, 4.69) is 11.3 Å². The van der Waals surface area contributed by atoms with E-state index in [1.54, 1.807) is 12.1 Å². The molecule has 0 bridgehead atoms. The third-order valence-electron chi connectivity index (χ3n) is 5.64. The van der Waals surface area contributed by atoms with Crippen LogP contribution in [0.4, 0.5) is 26.3 Å². The topological polar surface area (TPSA) is 18.5 Å². The number of hydrogen-bond donors (Lipinski definition) is 0. The monoisotopic (exact) mass is 458 g/mol. The maximum Gasteiger partial charge on any atom is 0.573 e. The highest BCUT2D eigenvalue weighted by atomic mass is 19.4. The van der Waals surface area contributed by atoms with E-state index in [1.165, 1.54) is 5.56 Å². The van der Waals surface area contributed by atoms with Crippen LogP contribution in [0.1, 0.15) is 48.3 Å². The van der Waals surface area contributed by atoms with Gasteiger partial charge in [-0.25, -0.2) is 4.39 Å². The highest BCUT2D eigenvalue weighted by Gasteiger charge is 2.34. The third kappa shape index (κ3) is 7.02. The van der Waals surface area contributed by atoms with Crippen LogP contribution < -0.4 is 4.74 Å². The van der Waals surface area contributed by atoms with Crippen molar-refractivity contribution >= 4 is 0 Å². The molecule has 0 radical (unpaired) electrons. The molecule has 0 heterocycles. The highest BCUT2D eigenvalue weighted by molar-refractivity contribution is 5.30. The van der Waals surface area contributed by atoms with Gasteiger partial charge >= 0.3 is 12.5 Å². The molecule has 1 aliphatic carbocycles. The first-order chi connectivity index (χ1) is 15.0. The van der Waals surface area contributed by atoms with Crippen LogP contribution in [0.5, 0.6) is 5.75 Å². The van der Waals surface area contributed by atoms with Crippen LogP contribution in [0.3, 0.4) is 0 Å². The van der Waals surface area contributed by atoms with Gasteiger partial charge in [0, 0.05) is 0 Å². The molecule has 0 N–H and O–H groups in total. The van der Waals surface area contributed by atoms with Gasteiger partial charge in [-0.15, -0.1) is 19.8 Å². The van der Waals surface area contributed by atoms with Crippen molar-refractivity contribution in [1.82, 2.24) is 0 Å². The average Bonchev–Trinajstić information content (AvgIpc) is 2.74. The second-order valence-electron chi connectivity index (χ2n) is 8.00. The Bertz CT molecular complexity index is 900. The summed E-state index contributed by atoms with van der Waals surface area (Å²) in [4.78, 5) is 0. The van der Waals surface area contributed by atoms with E-state index in [9.17, 15) is 26.3 Å². The van der Waals surface area contributed by atoms with Gasteiger partial charge in [0.05, 0.1) is 13.0 Å². The Labute approximate surface area is 182 Å². The SMILES string of the molecule is C=CC1CCC(c2ccc(COC(F)(F)Cc3ccc(OC(F)(F)F)c(F)c3)cc2)CC1. The van der Waals surface area contributed by atoms with E-state index in [-0.39, 0.29) is 12.2 Å². The Morgan fingerprint density at radius 1 is 0.906 bits per heavy atom. The second kappa shape index (κ2) is 9.98. The lowest BCUT2D eigenvalue weighted by atomic mass is 9.79. The number of alkyl halides is 5. The van der Waals surface area contributed by atoms with Gasteiger partial charge in [0.25, 0.3) is 0 Å². The zero-order valence-electron chi connectivity index (χ0n) is 17.3. The van der Waals surface area contributed by atoms with Crippen LogP contribution in [0.15, 0.2) is 55.1 Å². The molecule has 0 spiro atoms. The maximum absolute atomic E-state index is 14.2. The zero-order valence-corrected chi connectivity index (χ0v) is 17.3. The molecule has 0 amide bonds. The fourth-order valence-electron chi connectivity index (χ4n) is 3.91. The van der Waals surface area contributed by atoms with E-state index >= 15 is 0 Å². The number of ether oxygens (including phenoxy) is 2. The van der Waals surface area contributed by atoms with Gasteiger partial charge in [0.2, 0.25) is 0 Å². The molecule has 0 aliphatic heterocycles. The van der Waals surface area contributed by atoms with Crippen LogP contribution >= 0.6 is 0 Å². The van der Waals surface area contributed by atoms with Gasteiger partial charge in [-0.2, -0.15) is 8.78 Å². The second-order valence-corrected chi connectivity index (χ2v) is 8.00. The van der Waals surface area contributed by atoms with Gasteiger partial charge in [0.15, 0.2) is 11.6 Å². The quantitative estimate of drug-likeness (QED) is 0.301. The maximum atomic E-state index is 14.2. The molecule has 1 aliphatic rings.